The summed E-state index contributed by atoms with van der Waals surface area (Å²) >= 11 is 11.5. The third-order valence-electron chi connectivity index (χ3n) is 1.83. The second-order valence-electron chi connectivity index (χ2n) is 3.40. The molecule has 1 rings (SSSR count). The molecule has 0 saturated heterocycles. The minimum absolute atomic E-state index is 0.0705. The van der Waals surface area contributed by atoms with Crippen LogP contribution in [-0.2, 0) is 0 Å². The maximum Gasteiger partial charge on any atom is 0.449 e. The van der Waals surface area contributed by atoms with Crippen molar-refractivity contribution in [3.05, 3.63) is 28.2 Å². The maximum absolute atomic E-state index is 12.7. The fraction of sp³-hybridized carbons (Fsp3) is 0.300. The van der Waals surface area contributed by atoms with Crippen molar-refractivity contribution >= 4 is 34.7 Å². The molecule has 94 valence electrons. The van der Waals surface area contributed by atoms with Gasteiger partial charge in [0.2, 0.25) is 5.84 Å². The molecular formula is C10H9Cl2F3N2. The van der Waals surface area contributed by atoms with Gasteiger partial charge in [-0.1, -0.05) is 29.3 Å². The minimum atomic E-state index is -4.56. The Kier molecular flexibility index (Phi) is 4.27. The number of benzene rings is 1. The number of rotatable bonds is 1. The van der Waals surface area contributed by atoms with Gasteiger partial charge in [-0.3, -0.25) is 0 Å². The summed E-state index contributed by atoms with van der Waals surface area (Å²) in [5.41, 5.74) is -0.0862. The lowest BCUT2D eigenvalue weighted by Gasteiger charge is -2.18. The summed E-state index contributed by atoms with van der Waals surface area (Å²) < 4.78 is 38.0. The smallest absolute Gasteiger partial charge is 0.359 e. The van der Waals surface area contributed by atoms with E-state index in [1.165, 1.54) is 32.3 Å². The van der Waals surface area contributed by atoms with E-state index in [0.29, 0.717) is 0 Å². The second kappa shape index (κ2) is 5.14. The van der Waals surface area contributed by atoms with Crippen molar-refractivity contribution in [1.82, 2.24) is 4.90 Å². The second-order valence-corrected chi connectivity index (χ2v) is 4.21. The molecule has 0 fully saturated rings. The average molecular weight is 285 g/mol. The number of aliphatic imine (C=N–C) groups is 1. The molecule has 0 aromatic heterocycles. The predicted octanol–water partition coefficient (Wildman–Crippen LogP) is 4.15. The summed E-state index contributed by atoms with van der Waals surface area (Å²) in [7, 11) is 2.49. The molecule has 0 N–H and O–H groups in total. The molecule has 0 saturated carbocycles. The summed E-state index contributed by atoms with van der Waals surface area (Å²) in [6.07, 6.45) is -4.56. The number of halogens is 5. The number of alkyl halides is 3. The highest BCUT2D eigenvalue weighted by atomic mass is 35.5. The number of amidine groups is 1. The van der Waals surface area contributed by atoms with Gasteiger partial charge < -0.3 is 4.90 Å². The molecule has 0 atom stereocenters. The lowest BCUT2D eigenvalue weighted by atomic mass is 10.3. The molecule has 2 nitrogen and oxygen atoms in total. The molecule has 0 bridgehead atoms. The van der Waals surface area contributed by atoms with E-state index in [1.54, 1.807) is 0 Å². The molecule has 0 unspecified atom stereocenters. The van der Waals surface area contributed by atoms with Crippen molar-refractivity contribution in [2.75, 3.05) is 14.1 Å². The number of nitrogens with zero attached hydrogens (tertiary/aromatic N) is 2. The van der Waals surface area contributed by atoms with Crippen LogP contribution in [0.3, 0.4) is 0 Å². The highest BCUT2D eigenvalue weighted by molar-refractivity contribution is 6.38. The van der Waals surface area contributed by atoms with Gasteiger partial charge in [-0.25, -0.2) is 4.99 Å². The molecule has 0 spiro atoms. The summed E-state index contributed by atoms with van der Waals surface area (Å²) in [4.78, 5) is 4.34. The van der Waals surface area contributed by atoms with Crippen molar-refractivity contribution in [1.29, 1.82) is 0 Å². The Morgan fingerprint density at radius 1 is 1.18 bits per heavy atom. The monoisotopic (exact) mass is 284 g/mol. The largest absolute Gasteiger partial charge is 0.449 e. The zero-order chi connectivity index (χ0) is 13.2. The minimum Gasteiger partial charge on any atom is -0.359 e. The van der Waals surface area contributed by atoms with E-state index >= 15 is 0 Å². The Balaban J connectivity index is 3.33. The van der Waals surface area contributed by atoms with Gasteiger partial charge in [0.15, 0.2) is 0 Å². The molecule has 1 aromatic rings. The number of para-hydroxylation sites is 1. The van der Waals surface area contributed by atoms with E-state index in [2.05, 4.69) is 4.99 Å². The maximum atomic E-state index is 12.7. The van der Waals surface area contributed by atoms with E-state index < -0.39 is 12.0 Å². The van der Waals surface area contributed by atoms with Crippen LogP contribution in [0, 0.1) is 0 Å². The van der Waals surface area contributed by atoms with Crippen molar-refractivity contribution < 1.29 is 13.2 Å². The van der Waals surface area contributed by atoms with Gasteiger partial charge in [-0.2, -0.15) is 13.2 Å². The van der Waals surface area contributed by atoms with Gasteiger partial charge in [0.05, 0.1) is 10.0 Å². The standard InChI is InChI=1S/C10H9Cl2F3N2/c1-17(2)9(10(13,14)15)16-8-6(11)4-3-5-7(8)12/h3-5H,1-2H3. The molecule has 0 amide bonds. The van der Waals surface area contributed by atoms with Crippen LogP contribution in [0.25, 0.3) is 0 Å². The van der Waals surface area contributed by atoms with Crippen LogP contribution < -0.4 is 0 Å². The highest BCUT2D eigenvalue weighted by Gasteiger charge is 2.37. The highest BCUT2D eigenvalue weighted by Crippen LogP contribution is 2.34. The van der Waals surface area contributed by atoms with E-state index in [9.17, 15) is 13.2 Å². The molecule has 0 aliphatic heterocycles. The predicted molar refractivity (Wildman–Crippen MR) is 63.3 cm³/mol. The fourth-order valence-electron chi connectivity index (χ4n) is 1.12. The molecule has 0 radical (unpaired) electrons. The first-order valence-electron chi connectivity index (χ1n) is 4.50. The molecule has 17 heavy (non-hydrogen) atoms. The molecule has 0 heterocycles. The van der Waals surface area contributed by atoms with Gasteiger partial charge in [-0.15, -0.1) is 0 Å². The third kappa shape index (κ3) is 3.51. The Labute approximate surface area is 107 Å². The molecular weight excluding hydrogens is 276 g/mol. The van der Waals surface area contributed by atoms with Crippen LogP contribution in [0.1, 0.15) is 0 Å². The summed E-state index contributed by atoms with van der Waals surface area (Å²) in [5.74, 6) is -1.06. The third-order valence-corrected chi connectivity index (χ3v) is 2.44. The number of hydrogen-bond donors (Lipinski definition) is 0. The van der Waals surface area contributed by atoms with Crippen LogP contribution in [0.4, 0.5) is 18.9 Å². The van der Waals surface area contributed by atoms with Crippen molar-refractivity contribution in [2.45, 2.75) is 6.18 Å². The van der Waals surface area contributed by atoms with E-state index in [4.69, 9.17) is 23.2 Å². The lowest BCUT2D eigenvalue weighted by Crippen LogP contribution is -2.35. The SMILES string of the molecule is CN(C)C(=Nc1c(Cl)cccc1Cl)C(F)(F)F. The fourth-order valence-corrected chi connectivity index (χ4v) is 1.60. The normalized spacial score (nSPS) is 12.8. The topological polar surface area (TPSA) is 15.6 Å². The van der Waals surface area contributed by atoms with Crippen LogP contribution in [0.5, 0.6) is 0 Å². The lowest BCUT2D eigenvalue weighted by molar-refractivity contribution is -0.0667. The first-order chi connectivity index (χ1) is 7.73. The van der Waals surface area contributed by atoms with Crippen molar-refractivity contribution in [3.63, 3.8) is 0 Å². The van der Waals surface area contributed by atoms with Crippen LogP contribution >= 0.6 is 23.2 Å². The molecule has 1 aromatic carbocycles. The van der Waals surface area contributed by atoms with Gasteiger partial charge in [0, 0.05) is 14.1 Å². The first-order valence-corrected chi connectivity index (χ1v) is 5.26. The van der Waals surface area contributed by atoms with Gasteiger partial charge in [0.1, 0.15) is 5.69 Å². The van der Waals surface area contributed by atoms with Crippen molar-refractivity contribution in [3.8, 4) is 0 Å². The van der Waals surface area contributed by atoms with E-state index in [0.717, 1.165) is 4.90 Å². The van der Waals surface area contributed by atoms with Gasteiger partial charge >= 0.3 is 6.18 Å². The Hall–Kier alpha value is -0.940. The quantitative estimate of drug-likeness (QED) is 0.559. The molecule has 7 heteroatoms. The zero-order valence-electron chi connectivity index (χ0n) is 9.02. The zero-order valence-corrected chi connectivity index (χ0v) is 10.5. The number of hydrogen-bond acceptors (Lipinski definition) is 1. The molecule has 0 aliphatic carbocycles. The van der Waals surface area contributed by atoms with E-state index in [-0.39, 0.29) is 15.7 Å². The van der Waals surface area contributed by atoms with Crippen LogP contribution in [0.2, 0.25) is 10.0 Å². The molecule has 0 aliphatic rings. The Bertz CT molecular complexity index is 421. The first kappa shape index (κ1) is 14.1. The average Bonchev–Trinajstić information content (AvgIpc) is 2.14. The Morgan fingerprint density at radius 2 is 1.65 bits per heavy atom. The van der Waals surface area contributed by atoms with Crippen LogP contribution in [0.15, 0.2) is 23.2 Å². The van der Waals surface area contributed by atoms with Gasteiger partial charge in [-0.05, 0) is 12.1 Å². The van der Waals surface area contributed by atoms with Crippen molar-refractivity contribution in [2.24, 2.45) is 4.99 Å². The summed E-state index contributed by atoms with van der Waals surface area (Å²) in [5, 5.41) is 0.141. The summed E-state index contributed by atoms with van der Waals surface area (Å²) in [6, 6.07) is 4.39. The van der Waals surface area contributed by atoms with Crippen LogP contribution in [-0.4, -0.2) is 31.0 Å². The summed E-state index contributed by atoms with van der Waals surface area (Å²) in [6.45, 7) is 0. The van der Waals surface area contributed by atoms with E-state index in [1.807, 2.05) is 0 Å². The Morgan fingerprint density at radius 3 is 2.00 bits per heavy atom. The van der Waals surface area contributed by atoms with Gasteiger partial charge in [0.25, 0.3) is 0 Å².